The van der Waals surface area contributed by atoms with Crippen LogP contribution in [0.25, 0.3) is 0 Å². The number of hydrogen-bond acceptors (Lipinski definition) is 4. The lowest BCUT2D eigenvalue weighted by Crippen LogP contribution is -2.50. The molecule has 0 bridgehead atoms. The molecule has 2 unspecified atom stereocenters. The molecule has 0 radical (unpaired) electrons. The summed E-state index contributed by atoms with van der Waals surface area (Å²) in [5, 5.41) is 0. The fourth-order valence-corrected chi connectivity index (χ4v) is 5.01. The highest BCUT2D eigenvalue weighted by atomic mass is 16.5. The normalized spacial score (nSPS) is 21.5. The van der Waals surface area contributed by atoms with E-state index in [2.05, 4.69) is 43.0 Å². The van der Waals surface area contributed by atoms with Gasteiger partial charge < -0.3 is 14.5 Å². The molecule has 0 spiro atoms. The Hall–Kier alpha value is -2.70. The molecule has 0 N–H and O–H groups in total. The first-order chi connectivity index (χ1) is 16.5. The third-order valence-electron chi connectivity index (χ3n) is 6.72. The molecule has 0 saturated carbocycles. The van der Waals surface area contributed by atoms with E-state index in [1.54, 1.807) is 0 Å². The van der Waals surface area contributed by atoms with E-state index in [0.717, 1.165) is 38.0 Å². The summed E-state index contributed by atoms with van der Waals surface area (Å²) in [6.45, 7) is 9.37. The summed E-state index contributed by atoms with van der Waals surface area (Å²) < 4.78 is 5.82. The highest BCUT2D eigenvalue weighted by Gasteiger charge is 2.25. The molecule has 6 heteroatoms. The SMILES string of the molecule is CC1CN(Cc2ccc(C(=O)N3CCN(C(=O)CCCc4ccccc4)CC3)cc2)CC(C)O1. The van der Waals surface area contributed by atoms with Gasteiger partial charge in [0.25, 0.3) is 5.91 Å². The van der Waals surface area contributed by atoms with E-state index in [1.807, 2.05) is 40.1 Å². The minimum atomic E-state index is 0.0522. The Morgan fingerprint density at radius 1 is 0.824 bits per heavy atom. The number of morpholine rings is 1. The van der Waals surface area contributed by atoms with Gasteiger partial charge in [0, 0.05) is 57.8 Å². The monoisotopic (exact) mass is 463 g/mol. The van der Waals surface area contributed by atoms with E-state index < -0.39 is 0 Å². The van der Waals surface area contributed by atoms with Crippen LogP contribution in [-0.4, -0.2) is 78.0 Å². The second kappa shape index (κ2) is 11.6. The molecule has 2 aromatic rings. The maximum Gasteiger partial charge on any atom is 0.253 e. The molecule has 0 aliphatic carbocycles. The molecule has 0 aromatic heterocycles. The molecule has 34 heavy (non-hydrogen) atoms. The van der Waals surface area contributed by atoms with Gasteiger partial charge in [0.2, 0.25) is 5.91 Å². The fraction of sp³-hybridized carbons (Fsp3) is 0.500. The lowest BCUT2D eigenvalue weighted by molar-refractivity contribution is -0.132. The summed E-state index contributed by atoms with van der Waals surface area (Å²) >= 11 is 0. The van der Waals surface area contributed by atoms with Crippen LogP contribution in [-0.2, 0) is 22.5 Å². The van der Waals surface area contributed by atoms with Gasteiger partial charge in [-0.05, 0) is 49.9 Å². The summed E-state index contributed by atoms with van der Waals surface area (Å²) in [5.74, 6) is 0.246. The smallest absolute Gasteiger partial charge is 0.253 e. The van der Waals surface area contributed by atoms with Crippen molar-refractivity contribution in [1.82, 2.24) is 14.7 Å². The number of rotatable bonds is 7. The third-order valence-corrected chi connectivity index (χ3v) is 6.72. The Bertz CT molecular complexity index is 929. The standard InChI is InChI=1S/C28H37N3O3/c1-22-19-29(20-23(2)34-22)21-25-11-13-26(14-12-25)28(33)31-17-15-30(16-18-31)27(32)10-6-9-24-7-4-3-5-8-24/h3-5,7-8,11-14,22-23H,6,9-10,15-21H2,1-2H3. The number of piperazine rings is 1. The van der Waals surface area contributed by atoms with Gasteiger partial charge >= 0.3 is 0 Å². The highest BCUT2D eigenvalue weighted by Crippen LogP contribution is 2.16. The van der Waals surface area contributed by atoms with Crippen molar-refractivity contribution in [2.75, 3.05) is 39.3 Å². The van der Waals surface area contributed by atoms with Crippen LogP contribution in [0.2, 0.25) is 0 Å². The van der Waals surface area contributed by atoms with Crippen molar-refractivity contribution < 1.29 is 14.3 Å². The number of aryl methyl sites for hydroxylation is 1. The number of amides is 2. The second-order valence-electron chi connectivity index (χ2n) is 9.66. The van der Waals surface area contributed by atoms with Gasteiger partial charge in [0.15, 0.2) is 0 Å². The van der Waals surface area contributed by atoms with Crippen LogP contribution < -0.4 is 0 Å². The van der Waals surface area contributed by atoms with Gasteiger partial charge in [-0.25, -0.2) is 0 Å². The average Bonchev–Trinajstić information content (AvgIpc) is 2.84. The summed E-state index contributed by atoms with van der Waals surface area (Å²) in [6.07, 6.45) is 2.84. The predicted molar refractivity (Wildman–Crippen MR) is 134 cm³/mol. The van der Waals surface area contributed by atoms with Crippen molar-refractivity contribution in [3.63, 3.8) is 0 Å². The molecule has 2 aromatic carbocycles. The van der Waals surface area contributed by atoms with Gasteiger partial charge in [-0.1, -0.05) is 42.5 Å². The van der Waals surface area contributed by atoms with Gasteiger partial charge in [0.1, 0.15) is 0 Å². The highest BCUT2D eigenvalue weighted by molar-refractivity contribution is 5.94. The molecule has 2 fully saturated rings. The van der Waals surface area contributed by atoms with E-state index in [0.29, 0.717) is 32.6 Å². The Morgan fingerprint density at radius 2 is 1.44 bits per heavy atom. The van der Waals surface area contributed by atoms with Crippen LogP contribution in [0.4, 0.5) is 0 Å². The minimum absolute atomic E-state index is 0.0522. The number of nitrogens with zero attached hydrogens (tertiary/aromatic N) is 3. The molecule has 2 heterocycles. The topological polar surface area (TPSA) is 53.1 Å². The molecule has 2 aliphatic rings. The lowest BCUT2D eigenvalue weighted by atomic mass is 10.1. The van der Waals surface area contributed by atoms with Crippen molar-refractivity contribution in [2.45, 2.75) is 51.9 Å². The van der Waals surface area contributed by atoms with Crippen LogP contribution >= 0.6 is 0 Å². The fourth-order valence-electron chi connectivity index (χ4n) is 5.01. The third kappa shape index (κ3) is 6.67. The number of hydrogen-bond donors (Lipinski definition) is 0. The van der Waals surface area contributed by atoms with Crippen molar-refractivity contribution >= 4 is 11.8 Å². The number of ether oxygens (including phenoxy) is 1. The van der Waals surface area contributed by atoms with Crippen LogP contribution in [0, 0.1) is 0 Å². The molecule has 6 nitrogen and oxygen atoms in total. The summed E-state index contributed by atoms with van der Waals surface area (Å²) in [4.78, 5) is 31.8. The molecule has 2 saturated heterocycles. The van der Waals surface area contributed by atoms with Crippen LogP contribution in [0.5, 0.6) is 0 Å². The molecular formula is C28H37N3O3. The van der Waals surface area contributed by atoms with Gasteiger partial charge in [0.05, 0.1) is 12.2 Å². The predicted octanol–water partition coefficient (Wildman–Crippen LogP) is 3.60. The molecule has 2 atom stereocenters. The number of carbonyl (C=O) groups excluding carboxylic acids is 2. The zero-order valence-corrected chi connectivity index (χ0v) is 20.5. The molecule has 4 rings (SSSR count). The van der Waals surface area contributed by atoms with Crippen LogP contribution in [0.3, 0.4) is 0 Å². The van der Waals surface area contributed by atoms with Crippen molar-refractivity contribution in [1.29, 1.82) is 0 Å². The maximum absolute atomic E-state index is 13.0. The zero-order chi connectivity index (χ0) is 23.9. The molecule has 2 amide bonds. The Labute approximate surface area is 203 Å². The molecular weight excluding hydrogens is 426 g/mol. The Balaban J connectivity index is 1.21. The zero-order valence-electron chi connectivity index (χ0n) is 20.5. The van der Waals surface area contributed by atoms with E-state index in [1.165, 1.54) is 11.1 Å². The molecule has 2 aliphatic heterocycles. The van der Waals surface area contributed by atoms with Crippen molar-refractivity contribution in [3.8, 4) is 0 Å². The Kier molecular flexibility index (Phi) is 8.35. The van der Waals surface area contributed by atoms with Gasteiger partial charge in [-0.2, -0.15) is 0 Å². The van der Waals surface area contributed by atoms with Gasteiger partial charge in [-0.3, -0.25) is 14.5 Å². The first-order valence-corrected chi connectivity index (χ1v) is 12.6. The first-order valence-electron chi connectivity index (χ1n) is 12.6. The van der Waals surface area contributed by atoms with Gasteiger partial charge in [-0.15, -0.1) is 0 Å². The lowest BCUT2D eigenvalue weighted by Gasteiger charge is -2.35. The summed E-state index contributed by atoms with van der Waals surface area (Å²) in [7, 11) is 0. The number of benzene rings is 2. The summed E-state index contributed by atoms with van der Waals surface area (Å²) in [6, 6.07) is 18.3. The largest absolute Gasteiger partial charge is 0.373 e. The second-order valence-corrected chi connectivity index (χ2v) is 9.66. The molecule has 182 valence electrons. The quantitative estimate of drug-likeness (QED) is 0.630. The van der Waals surface area contributed by atoms with Crippen molar-refractivity contribution in [3.05, 3.63) is 71.3 Å². The van der Waals surface area contributed by atoms with E-state index in [4.69, 9.17) is 4.74 Å². The maximum atomic E-state index is 13.0. The van der Waals surface area contributed by atoms with E-state index in [9.17, 15) is 9.59 Å². The van der Waals surface area contributed by atoms with Crippen molar-refractivity contribution in [2.24, 2.45) is 0 Å². The van der Waals surface area contributed by atoms with E-state index in [-0.39, 0.29) is 24.0 Å². The van der Waals surface area contributed by atoms with Crippen LogP contribution in [0.15, 0.2) is 54.6 Å². The Morgan fingerprint density at radius 3 is 2.09 bits per heavy atom. The summed E-state index contributed by atoms with van der Waals surface area (Å²) in [5.41, 5.74) is 3.20. The number of carbonyl (C=O) groups is 2. The minimum Gasteiger partial charge on any atom is -0.373 e. The van der Waals surface area contributed by atoms with Crippen LogP contribution in [0.1, 0.15) is 48.2 Å². The van der Waals surface area contributed by atoms with E-state index >= 15 is 0 Å². The average molecular weight is 464 g/mol. The first kappa shape index (κ1) is 24.4.